The van der Waals surface area contributed by atoms with E-state index in [1.807, 2.05) is 7.11 Å². The molecule has 2 nitrogen and oxygen atoms in total. The molecule has 3 heteroatoms. The van der Waals surface area contributed by atoms with E-state index in [9.17, 15) is 0 Å². The van der Waals surface area contributed by atoms with Crippen molar-refractivity contribution in [2.24, 2.45) is 5.73 Å². The van der Waals surface area contributed by atoms with Gasteiger partial charge in [0.2, 0.25) is 0 Å². The predicted molar refractivity (Wildman–Crippen MR) is 60.7 cm³/mol. The van der Waals surface area contributed by atoms with Gasteiger partial charge in [-0.1, -0.05) is 26.2 Å². The van der Waals surface area contributed by atoms with Gasteiger partial charge >= 0.3 is 0 Å². The van der Waals surface area contributed by atoms with E-state index in [4.69, 9.17) is 10.5 Å². The molecule has 0 aliphatic heterocycles. The topological polar surface area (TPSA) is 35.2 Å². The Morgan fingerprint density at radius 1 is 1.23 bits per heavy atom. The highest BCUT2D eigenvalue weighted by Gasteiger charge is 2.21. The van der Waals surface area contributed by atoms with Gasteiger partial charge in [-0.2, -0.15) is 0 Å². The summed E-state index contributed by atoms with van der Waals surface area (Å²) >= 11 is 0. The Morgan fingerprint density at radius 3 is 2.31 bits per heavy atom. The van der Waals surface area contributed by atoms with E-state index in [2.05, 4.69) is 14.8 Å². The first-order valence-electron chi connectivity index (χ1n) is 5.43. The molecule has 0 aromatic heterocycles. The van der Waals surface area contributed by atoms with Gasteiger partial charge in [-0.15, -0.1) is 0 Å². The maximum atomic E-state index is 5.55. The van der Waals surface area contributed by atoms with E-state index < -0.39 is 0 Å². The normalized spacial score (nSPS) is 15.6. The van der Waals surface area contributed by atoms with Crippen LogP contribution in [0.2, 0.25) is 0 Å². The molecule has 0 rings (SSSR count). The molecule has 1 unspecified atom stereocenters. The average Bonchev–Trinajstić information content (AvgIpc) is 2.15. The second-order valence-electron chi connectivity index (χ2n) is 4.00. The summed E-state index contributed by atoms with van der Waals surface area (Å²) in [6.07, 6.45) is 7.11. The zero-order chi connectivity index (χ0) is 10.2. The molecule has 0 bridgehead atoms. The smallest absolute Gasteiger partial charge is 0.143 e. The van der Waals surface area contributed by atoms with Crippen LogP contribution in [0.4, 0.5) is 0 Å². The molecule has 13 heavy (non-hydrogen) atoms. The van der Waals surface area contributed by atoms with Crippen LogP contribution in [0.3, 0.4) is 0 Å². The number of methoxy groups -OCH3 is 1. The standard InChI is InChI=1S/C10H24BNO/c1-3-4-7-10(11,13-2)8-5-6-9-12/h3-9,11-12H2,1-2H3. The van der Waals surface area contributed by atoms with Gasteiger partial charge in [0, 0.05) is 12.6 Å². The fourth-order valence-corrected chi connectivity index (χ4v) is 1.52. The minimum absolute atomic E-state index is 0.0885. The summed E-state index contributed by atoms with van der Waals surface area (Å²) in [5, 5.41) is 0. The number of rotatable bonds is 8. The number of nitrogens with two attached hydrogens (primary N) is 1. The van der Waals surface area contributed by atoms with Crippen LogP contribution >= 0.6 is 0 Å². The highest BCUT2D eigenvalue weighted by atomic mass is 16.5. The minimum Gasteiger partial charge on any atom is -0.387 e. The van der Waals surface area contributed by atoms with Crippen molar-refractivity contribution in [3.63, 3.8) is 0 Å². The molecule has 0 aliphatic rings. The zero-order valence-corrected chi connectivity index (χ0v) is 9.44. The molecule has 78 valence electrons. The van der Waals surface area contributed by atoms with E-state index in [1.54, 1.807) is 0 Å². The van der Waals surface area contributed by atoms with Crippen LogP contribution in [0.15, 0.2) is 0 Å². The Hall–Kier alpha value is -0.0151. The van der Waals surface area contributed by atoms with E-state index >= 15 is 0 Å². The van der Waals surface area contributed by atoms with Gasteiger partial charge in [0.15, 0.2) is 0 Å². The van der Waals surface area contributed by atoms with Gasteiger partial charge in [-0.25, -0.2) is 0 Å². The molecule has 0 aliphatic carbocycles. The maximum Gasteiger partial charge on any atom is 0.143 e. The Balaban J connectivity index is 3.67. The molecule has 0 fully saturated rings. The minimum atomic E-state index is 0.0885. The van der Waals surface area contributed by atoms with Crippen molar-refractivity contribution in [3.05, 3.63) is 0 Å². The van der Waals surface area contributed by atoms with Crippen molar-refractivity contribution in [3.8, 4) is 0 Å². The van der Waals surface area contributed by atoms with E-state index in [1.165, 1.54) is 25.7 Å². The number of hydrogen-bond acceptors (Lipinski definition) is 2. The van der Waals surface area contributed by atoms with Crippen molar-refractivity contribution < 1.29 is 4.74 Å². The van der Waals surface area contributed by atoms with Crippen molar-refractivity contribution >= 4 is 7.85 Å². The summed E-state index contributed by atoms with van der Waals surface area (Å²) in [6, 6.07) is 0. The van der Waals surface area contributed by atoms with Crippen LogP contribution in [0.25, 0.3) is 0 Å². The Morgan fingerprint density at radius 2 is 1.85 bits per heavy atom. The maximum absolute atomic E-state index is 5.55. The fourth-order valence-electron chi connectivity index (χ4n) is 1.52. The van der Waals surface area contributed by atoms with Gasteiger partial charge in [-0.3, -0.25) is 0 Å². The molecule has 0 saturated carbocycles. The molecule has 0 saturated heterocycles. The van der Waals surface area contributed by atoms with E-state index in [-0.39, 0.29) is 5.50 Å². The fraction of sp³-hybridized carbons (Fsp3) is 1.00. The lowest BCUT2D eigenvalue weighted by atomic mass is 9.73. The summed E-state index contributed by atoms with van der Waals surface area (Å²) in [6.45, 7) is 3.02. The van der Waals surface area contributed by atoms with Gasteiger partial charge in [-0.05, 0) is 25.8 Å². The third-order valence-electron chi connectivity index (χ3n) is 2.71. The van der Waals surface area contributed by atoms with Crippen molar-refractivity contribution in [2.75, 3.05) is 13.7 Å². The largest absolute Gasteiger partial charge is 0.387 e. The molecule has 0 aromatic rings. The zero-order valence-electron chi connectivity index (χ0n) is 9.44. The summed E-state index contributed by atoms with van der Waals surface area (Å²) in [4.78, 5) is 0. The first-order valence-corrected chi connectivity index (χ1v) is 5.43. The van der Waals surface area contributed by atoms with E-state index in [0.29, 0.717) is 0 Å². The number of hydrogen-bond donors (Lipinski definition) is 1. The average molecular weight is 185 g/mol. The van der Waals surface area contributed by atoms with Gasteiger partial charge in [0.1, 0.15) is 7.85 Å². The first-order chi connectivity index (χ1) is 6.18. The molecular weight excluding hydrogens is 161 g/mol. The van der Waals surface area contributed by atoms with Gasteiger partial charge < -0.3 is 10.5 Å². The van der Waals surface area contributed by atoms with Crippen LogP contribution < -0.4 is 5.73 Å². The molecule has 0 radical (unpaired) electrons. The van der Waals surface area contributed by atoms with Crippen LogP contribution in [0, 0.1) is 0 Å². The lowest BCUT2D eigenvalue weighted by molar-refractivity contribution is 0.0445. The van der Waals surface area contributed by atoms with E-state index in [0.717, 1.165) is 19.4 Å². The summed E-state index contributed by atoms with van der Waals surface area (Å²) in [5.74, 6) is 0. The number of unbranched alkanes of at least 4 members (excludes halogenated alkanes) is 2. The Labute approximate surface area is 83.6 Å². The highest BCUT2D eigenvalue weighted by Crippen LogP contribution is 2.21. The highest BCUT2D eigenvalue weighted by molar-refractivity contribution is 6.14. The molecule has 2 N–H and O–H groups in total. The summed E-state index contributed by atoms with van der Waals surface area (Å²) < 4.78 is 5.55. The summed E-state index contributed by atoms with van der Waals surface area (Å²) in [5.41, 5.74) is 5.55. The Bertz CT molecular complexity index is 121. The Kier molecular flexibility index (Phi) is 7.39. The third kappa shape index (κ3) is 6.11. The third-order valence-corrected chi connectivity index (χ3v) is 2.71. The van der Waals surface area contributed by atoms with Crippen molar-refractivity contribution in [2.45, 2.75) is 50.9 Å². The monoisotopic (exact) mass is 185 g/mol. The van der Waals surface area contributed by atoms with Crippen LogP contribution in [-0.2, 0) is 4.74 Å². The molecule has 0 amide bonds. The molecule has 0 spiro atoms. The molecule has 0 aromatic carbocycles. The van der Waals surface area contributed by atoms with Crippen LogP contribution in [0.5, 0.6) is 0 Å². The predicted octanol–water partition coefficient (Wildman–Crippen LogP) is 1.28. The van der Waals surface area contributed by atoms with Gasteiger partial charge in [0.05, 0.1) is 0 Å². The van der Waals surface area contributed by atoms with Crippen molar-refractivity contribution in [1.29, 1.82) is 0 Å². The van der Waals surface area contributed by atoms with Gasteiger partial charge in [0.25, 0.3) is 0 Å². The quantitative estimate of drug-likeness (QED) is 0.456. The van der Waals surface area contributed by atoms with Crippen LogP contribution in [-0.4, -0.2) is 27.0 Å². The molecular formula is C10H24BNO. The van der Waals surface area contributed by atoms with Crippen LogP contribution in [0.1, 0.15) is 45.4 Å². The summed E-state index contributed by atoms with van der Waals surface area (Å²) in [7, 11) is 4.03. The number of ether oxygens (including phenoxy) is 1. The SMILES string of the molecule is BC(CCCC)(CCCCN)OC. The lowest BCUT2D eigenvalue weighted by Gasteiger charge is -2.28. The lowest BCUT2D eigenvalue weighted by Crippen LogP contribution is -2.31. The second kappa shape index (κ2) is 7.39. The second-order valence-corrected chi connectivity index (χ2v) is 4.00. The molecule has 0 heterocycles. The van der Waals surface area contributed by atoms with Crippen molar-refractivity contribution in [1.82, 2.24) is 0 Å². The first kappa shape index (κ1) is 13.0. The molecule has 1 atom stereocenters.